The topological polar surface area (TPSA) is 62.3 Å². The van der Waals surface area contributed by atoms with Crippen LogP contribution in [-0.2, 0) is 9.84 Å². The highest BCUT2D eigenvalue weighted by Crippen LogP contribution is 2.39. The van der Waals surface area contributed by atoms with Gasteiger partial charge in [0.25, 0.3) is 5.70 Å². The van der Waals surface area contributed by atoms with Crippen LogP contribution < -0.4 is 0 Å². The molecule has 0 saturated carbocycles. The summed E-state index contributed by atoms with van der Waals surface area (Å²) in [5.41, 5.74) is 1.19. The smallest absolute Gasteiger partial charge is 0.226 e. The minimum absolute atomic E-state index is 0.0841. The van der Waals surface area contributed by atoms with Crippen LogP contribution in [0.2, 0.25) is 0 Å². The van der Waals surface area contributed by atoms with E-state index in [9.17, 15) is 13.7 Å². The standard InChI is InChI=1S/C20H12N2O2S/c1-22-18(14-21)17-12-19(15-8-4-2-5-9-15)25(23,24)20(13-17)16-10-6-3-7-11-16/h2-13H. The molecule has 5 heteroatoms. The Kier molecular flexibility index (Phi) is 4.35. The summed E-state index contributed by atoms with van der Waals surface area (Å²) in [5.74, 6) is 0. The first-order valence-electron chi connectivity index (χ1n) is 7.39. The predicted molar refractivity (Wildman–Crippen MR) is 97.0 cm³/mol. The second-order valence-corrected chi connectivity index (χ2v) is 7.17. The Labute approximate surface area is 146 Å². The summed E-state index contributed by atoms with van der Waals surface area (Å²) in [6.07, 6.45) is 2.79. The van der Waals surface area contributed by atoms with Crippen LogP contribution in [0.4, 0.5) is 0 Å². The van der Waals surface area contributed by atoms with Crippen LogP contribution in [0.15, 0.2) is 84.1 Å². The first kappa shape index (κ1) is 16.4. The molecule has 0 radical (unpaired) electrons. The second kappa shape index (κ2) is 6.60. The van der Waals surface area contributed by atoms with Gasteiger partial charge in [0.1, 0.15) is 0 Å². The van der Waals surface area contributed by atoms with Gasteiger partial charge in [0, 0.05) is 0 Å². The second-order valence-electron chi connectivity index (χ2n) is 5.28. The van der Waals surface area contributed by atoms with Gasteiger partial charge in [0.15, 0.2) is 0 Å². The van der Waals surface area contributed by atoms with Crippen LogP contribution in [0.1, 0.15) is 11.1 Å². The molecular weight excluding hydrogens is 332 g/mol. The van der Waals surface area contributed by atoms with Gasteiger partial charge in [0.2, 0.25) is 9.84 Å². The molecule has 2 aromatic carbocycles. The number of hydrogen-bond acceptors (Lipinski definition) is 3. The third kappa shape index (κ3) is 3.01. The van der Waals surface area contributed by atoms with Crippen LogP contribution in [0.3, 0.4) is 0 Å². The van der Waals surface area contributed by atoms with E-state index in [1.54, 1.807) is 60.7 Å². The molecule has 4 nitrogen and oxygen atoms in total. The molecule has 0 spiro atoms. The fraction of sp³-hybridized carbons (Fsp3) is 0. The van der Waals surface area contributed by atoms with E-state index in [0.29, 0.717) is 16.7 Å². The predicted octanol–water partition coefficient (Wildman–Crippen LogP) is 4.19. The average molecular weight is 344 g/mol. The highest BCUT2D eigenvalue weighted by Gasteiger charge is 2.30. The maximum Gasteiger partial charge on any atom is 0.269 e. The Morgan fingerprint density at radius 2 is 1.32 bits per heavy atom. The summed E-state index contributed by atoms with van der Waals surface area (Å²) < 4.78 is 26.3. The Hall–Kier alpha value is -3.41. The van der Waals surface area contributed by atoms with Crippen molar-refractivity contribution >= 4 is 19.6 Å². The first-order chi connectivity index (χ1) is 12.1. The van der Waals surface area contributed by atoms with Gasteiger partial charge in [-0.3, -0.25) is 0 Å². The summed E-state index contributed by atoms with van der Waals surface area (Å²) >= 11 is 0. The van der Waals surface area contributed by atoms with Gasteiger partial charge in [-0.05, 0) is 28.9 Å². The Morgan fingerprint density at radius 3 is 1.68 bits per heavy atom. The van der Waals surface area contributed by atoms with E-state index >= 15 is 0 Å². The van der Waals surface area contributed by atoms with Crippen LogP contribution >= 0.6 is 0 Å². The lowest BCUT2D eigenvalue weighted by molar-refractivity contribution is 0.614. The molecule has 0 fully saturated rings. The quantitative estimate of drug-likeness (QED) is 0.606. The van der Waals surface area contributed by atoms with Crippen molar-refractivity contribution < 1.29 is 8.42 Å². The summed E-state index contributed by atoms with van der Waals surface area (Å²) in [6, 6.07) is 19.2. The third-order valence-corrected chi connectivity index (χ3v) is 5.63. The number of hydrogen-bond donors (Lipinski definition) is 0. The summed E-state index contributed by atoms with van der Waals surface area (Å²) in [7, 11) is -3.78. The van der Waals surface area contributed by atoms with Crippen molar-refractivity contribution in [1.82, 2.24) is 0 Å². The maximum atomic E-state index is 13.1. The normalized spacial score (nSPS) is 15.4. The summed E-state index contributed by atoms with van der Waals surface area (Å²) in [4.78, 5) is 3.39. The van der Waals surface area contributed by atoms with Gasteiger partial charge in [0.05, 0.1) is 22.5 Å². The third-order valence-electron chi connectivity index (χ3n) is 3.76. The van der Waals surface area contributed by atoms with Crippen molar-refractivity contribution in [2.75, 3.05) is 0 Å². The van der Waals surface area contributed by atoms with E-state index in [1.807, 2.05) is 6.07 Å². The zero-order chi connectivity index (χ0) is 17.9. The van der Waals surface area contributed by atoms with E-state index in [-0.39, 0.29) is 15.5 Å². The lowest BCUT2D eigenvalue weighted by atomic mass is 10.1. The van der Waals surface area contributed by atoms with E-state index in [0.717, 1.165) is 0 Å². The Morgan fingerprint density at radius 1 is 0.880 bits per heavy atom. The van der Waals surface area contributed by atoms with Crippen LogP contribution in [-0.4, -0.2) is 8.42 Å². The van der Waals surface area contributed by atoms with E-state index in [1.165, 1.54) is 12.2 Å². The molecule has 0 unspecified atom stereocenters. The molecule has 3 rings (SSSR count). The van der Waals surface area contributed by atoms with E-state index in [2.05, 4.69) is 4.85 Å². The minimum atomic E-state index is -3.78. The fourth-order valence-corrected chi connectivity index (χ4v) is 4.26. The molecule has 0 aromatic heterocycles. The number of benzene rings is 2. The van der Waals surface area contributed by atoms with Gasteiger partial charge < -0.3 is 0 Å². The van der Waals surface area contributed by atoms with E-state index < -0.39 is 9.84 Å². The van der Waals surface area contributed by atoms with Crippen LogP contribution in [0.5, 0.6) is 0 Å². The average Bonchev–Trinajstić information content (AvgIpc) is 2.64. The molecule has 0 aliphatic carbocycles. The number of nitrogens with zero attached hydrogens (tertiary/aromatic N) is 2. The van der Waals surface area contributed by atoms with Gasteiger partial charge in [-0.1, -0.05) is 60.7 Å². The van der Waals surface area contributed by atoms with Gasteiger partial charge in [-0.25, -0.2) is 18.5 Å². The Balaban J connectivity index is 2.33. The highest BCUT2D eigenvalue weighted by molar-refractivity contribution is 8.09. The number of allylic oxidation sites excluding steroid dienone is 4. The molecule has 1 aliphatic rings. The SMILES string of the molecule is [C-]#[N+]C(C#N)=C1C=C(c2ccccc2)S(=O)(=O)C(c2ccccc2)=C1. The van der Waals surface area contributed by atoms with Crippen molar-refractivity contribution in [3.8, 4) is 6.07 Å². The molecule has 0 saturated heterocycles. The number of nitriles is 1. The van der Waals surface area contributed by atoms with Crippen molar-refractivity contribution in [3.63, 3.8) is 0 Å². The molecular formula is C20H12N2O2S. The molecule has 0 amide bonds. The molecule has 0 bridgehead atoms. The Bertz CT molecular complexity index is 1010. The highest BCUT2D eigenvalue weighted by atomic mass is 32.2. The summed E-state index contributed by atoms with van der Waals surface area (Å²) in [6.45, 7) is 7.17. The molecule has 1 heterocycles. The lowest BCUT2D eigenvalue weighted by Crippen LogP contribution is -2.11. The molecule has 120 valence electrons. The molecule has 0 atom stereocenters. The molecule has 1 aliphatic heterocycles. The largest absolute Gasteiger partial charge is 0.269 e. The van der Waals surface area contributed by atoms with Crippen molar-refractivity contribution in [1.29, 1.82) is 5.26 Å². The number of rotatable bonds is 2. The van der Waals surface area contributed by atoms with Gasteiger partial charge in [-0.2, -0.15) is 0 Å². The molecule has 25 heavy (non-hydrogen) atoms. The monoisotopic (exact) mass is 344 g/mol. The zero-order valence-corrected chi connectivity index (χ0v) is 13.9. The zero-order valence-electron chi connectivity index (χ0n) is 13.0. The summed E-state index contributed by atoms with van der Waals surface area (Å²) in [5, 5.41) is 9.19. The minimum Gasteiger partial charge on any atom is -0.226 e. The number of sulfone groups is 1. The first-order valence-corrected chi connectivity index (χ1v) is 8.87. The lowest BCUT2D eigenvalue weighted by Gasteiger charge is -2.18. The van der Waals surface area contributed by atoms with Crippen LogP contribution in [0.25, 0.3) is 14.7 Å². The van der Waals surface area contributed by atoms with E-state index in [4.69, 9.17) is 6.57 Å². The molecule has 0 N–H and O–H groups in total. The fourth-order valence-electron chi connectivity index (χ4n) is 2.57. The van der Waals surface area contributed by atoms with Crippen molar-refractivity contribution in [3.05, 3.63) is 107 Å². The molecule has 2 aromatic rings. The van der Waals surface area contributed by atoms with Crippen molar-refractivity contribution in [2.45, 2.75) is 0 Å². The van der Waals surface area contributed by atoms with Gasteiger partial charge >= 0.3 is 0 Å². The van der Waals surface area contributed by atoms with Gasteiger partial charge in [-0.15, -0.1) is 0 Å². The van der Waals surface area contributed by atoms with Crippen molar-refractivity contribution in [2.24, 2.45) is 0 Å². The maximum absolute atomic E-state index is 13.1. The van der Waals surface area contributed by atoms with Crippen LogP contribution in [0, 0.1) is 17.9 Å².